The molecule has 0 spiro atoms. The Bertz CT molecular complexity index is 539. The fourth-order valence-corrected chi connectivity index (χ4v) is 2.52. The monoisotopic (exact) mass is 259 g/mol. The van der Waals surface area contributed by atoms with Crippen LogP contribution in [0.4, 0.5) is 0 Å². The van der Waals surface area contributed by atoms with Gasteiger partial charge >= 0.3 is 0 Å². The van der Waals surface area contributed by atoms with Crippen LogP contribution in [0.3, 0.4) is 0 Å². The maximum Gasteiger partial charge on any atom is 0.137 e. The maximum absolute atomic E-state index is 6.16. The zero-order valence-electron chi connectivity index (χ0n) is 12.5. The summed E-state index contributed by atoms with van der Waals surface area (Å²) in [7, 11) is 0. The van der Waals surface area contributed by atoms with E-state index in [4.69, 9.17) is 4.42 Å². The molecule has 1 aromatic carbocycles. The van der Waals surface area contributed by atoms with Crippen molar-refractivity contribution in [2.75, 3.05) is 0 Å². The second-order valence-corrected chi connectivity index (χ2v) is 5.44. The molecule has 0 fully saturated rings. The molecule has 0 aliphatic rings. The van der Waals surface area contributed by atoms with Gasteiger partial charge in [0.15, 0.2) is 0 Å². The summed E-state index contributed by atoms with van der Waals surface area (Å²) in [5.74, 6) is 1.12. The number of rotatable bonds is 6. The van der Waals surface area contributed by atoms with E-state index in [1.54, 1.807) is 0 Å². The van der Waals surface area contributed by atoms with E-state index in [2.05, 4.69) is 51.2 Å². The van der Waals surface area contributed by atoms with E-state index in [0.29, 0.717) is 6.04 Å². The number of fused-ring (bicyclic) bond motifs is 1. The number of para-hydroxylation sites is 1. The molecule has 0 radical (unpaired) electrons. The first-order valence-electron chi connectivity index (χ1n) is 7.42. The highest BCUT2D eigenvalue weighted by Crippen LogP contribution is 2.30. The van der Waals surface area contributed by atoms with Gasteiger partial charge in [0.05, 0.1) is 6.54 Å². The van der Waals surface area contributed by atoms with Gasteiger partial charge in [0.1, 0.15) is 11.3 Å². The van der Waals surface area contributed by atoms with Gasteiger partial charge in [-0.2, -0.15) is 0 Å². The predicted molar refractivity (Wildman–Crippen MR) is 81.6 cm³/mol. The van der Waals surface area contributed by atoms with Crippen molar-refractivity contribution in [2.24, 2.45) is 0 Å². The summed E-state index contributed by atoms with van der Waals surface area (Å²) in [6.45, 7) is 9.56. The Morgan fingerprint density at radius 1 is 1.21 bits per heavy atom. The number of benzene rings is 1. The van der Waals surface area contributed by atoms with Gasteiger partial charge in [-0.25, -0.2) is 0 Å². The van der Waals surface area contributed by atoms with Crippen molar-refractivity contribution in [3.63, 3.8) is 0 Å². The molecule has 2 aromatic rings. The lowest BCUT2D eigenvalue weighted by Gasteiger charge is -2.07. The van der Waals surface area contributed by atoms with Crippen LogP contribution in [-0.4, -0.2) is 6.04 Å². The standard InChI is InChI=1S/C17H25NO/c1-5-8-14-15-10-7-9-13(6-2)17(15)19-16(14)11-18-12(3)4/h7,9-10,12,18H,5-6,8,11H2,1-4H3. The van der Waals surface area contributed by atoms with Crippen molar-refractivity contribution in [3.8, 4) is 0 Å². The molecule has 0 aliphatic heterocycles. The summed E-state index contributed by atoms with van der Waals surface area (Å²) in [6.07, 6.45) is 3.27. The molecule has 0 aliphatic carbocycles. The predicted octanol–water partition coefficient (Wildman–Crippen LogP) is 4.45. The molecule has 1 aromatic heterocycles. The lowest BCUT2D eigenvalue weighted by molar-refractivity contribution is 0.481. The van der Waals surface area contributed by atoms with Gasteiger partial charge < -0.3 is 9.73 Å². The molecular formula is C17H25NO. The van der Waals surface area contributed by atoms with Crippen LogP contribution in [0.2, 0.25) is 0 Å². The first-order valence-corrected chi connectivity index (χ1v) is 7.42. The topological polar surface area (TPSA) is 25.2 Å². The highest BCUT2D eigenvalue weighted by Gasteiger charge is 2.15. The third-order valence-corrected chi connectivity index (χ3v) is 3.54. The molecule has 0 atom stereocenters. The first-order chi connectivity index (χ1) is 9.17. The van der Waals surface area contributed by atoms with Crippen molar-refractivity contribution in [3.05, 3.63) is 35.1 Å². The lowest BCUT2D eigenvalue weighted by atomic mass is 10.0. The molecule has 0 amide bonds. The van der Waals surface area contributed by atoms with Crippen molar-refractivity contribution >= 4 is 11.0 Å². The van der Waals surface area contributed by atoms with Crippen molar-refractivity contribution < 1.29 is 4.42 Å². The van der Waals surface area contributed by atoms with E-state index < -0.39 is 0 Å². The molecule has 0 saturated heterocycles. The van der Waals surface area contributed by atoms with E-state index in [1.807, 2.05) is 0 Å². The summed E-state index contributed by atoms with van der Waals surface area (Å²) in [5.41, 5.74) is 3.79. The Hall–Kier alpha value is -1.28. The van der Waals surface area contributed by atoms with Crippen molar-refractivity contribution in [2.45, 2.75) is 59.5 Å². The molecule has 19 heavy (non-hydrogen) atoms. The van der Waals surface area contributed by atoms with Crippen LogP contribution >= 0.6 is 0 Å². The minimum Gasteiger partial charge on any atom is -0.459 e. The number of furan rings is 1. The molecular weight excluding hydrogens is 234 g/mol. The normalized spacial score (nSPS) is 11.6. The Kier molecular flexibility index (Phi) is 4.65. The van der Waals surface area contributed by atoms with E-state index in [0.717, 1.165) is 37.2 Å². The van der Waals surface area contributed by atoms with Gasteiger partial charge in [0.2, 0.25) is 0 Å². The van der Waals surface area contributed by atoms with Crippen LogP contribution in [0.15, 0.2) is 22.6 Å². The first kappa shape index (κ1) is 14.1. The van der Waals surface area contributed by atoms with Gasteiger partial charge in [-0.15, -0.1) is 0 Å². The molecule has 2 heteroatoms. The van der Waals surface area contributed by atoms with Crippen molar-refractivity contribution in [1.29, 1.82) is 0 Å². The van der Waals surface area contributed by atoms with Crippen LogP contribution in [0.1, 0.15) is 51.0 Å². The molecule has 104 valence electrons. The summed E-state index contributed by atoms with van der Waals surface area (Å²) in [5, 5.41) is 4.77. The minimum atomic E-state index is 0.480. The second-order valence-electron chi connectivity index (χ2n) is 5.44. The van der Waals surface area contributed by atoms with Crippen molar-refractivity contribution in [1.82, 2.24) is 5.32 Å². The molecule has 1 heterocycles. The third kappa shape index (κ3) is 3.01. The highest BCUT2D eigenvalue weighted by atomic mass is 16.3. The molecule has 2 rings (SSSR count). The number of nitrogens with one attached hydrogen (secondary N) is 1. The zero-order chi connectivity index (χ0) is 13.8. The fourth-order valence-electron chi connectivity index (χ4n) is 2.52. The molecule has 1 N–H and O–H groups in total. The van der Waals surface area contributed by atoms with Gasteiger partial charge in [0.25, 0.3) is 0 Å². The van der Waals surface area contributed by atoms with Crippen LogP contribution in [0.5, 0.6) is 0 Å². The van der Waals surface area contributed by atoms with Crippen LogP contribution in [0.25, 0.3) is 11.0 Å². The fraction of sp³-hybridized carbons (Fsp3) is 0.529. The Morgan fingerprint density at radius 2 is 2.00 bits per heavy atom. The quantitative estimate of drug-likeness (QED) is 0.829. The average Bonchev–Trinajstić information content (AvgIpc) is 2.75. The zero-order valence-corrected chi connectivity index (χ0v) is 12.5. The molecule has 0 unspecified atom stereocenters. The van der Waals surface area contributed by atoms with E-state index >= 15 is 0 Å². The SMILES string of the molecule is CCCc1c(CNC(C)C)oc2c(CC)cccc12. The Balaban J connectivity index is 2.46. The number of hydrogen-bond acceptors (Lipinski definition) is 2. The minimum absolute atomic E-state index is 0.480. The van der Waals surface area contributed by atoms with Crippen LogP contribution < -0.4 is 5.32 Å². The second kappa shape index (κ2) is 6.25. The molecule has 0 bridgehead atoms. The van der Waals surface area contributed by atoms with Crippen LogP contribution in [0, 0.1) is 0 Å². The maximum atomic E-state index is 6.16. The van der Waals surface area contributed by atoms with E-state index in [9.17, 15) is 0 Å². The summed E-state index contributed by atoms with van der Waals surface area (Å²) in [4.78, 5) is 0. The summed E-state index contributed by atoms with van der Waals surface area (Å²) in [6, 6.07) is 6.99. The van der Waals surface area contributed by atoms with Gasteiger partial charge in [0, 0.05) is 17.0 Å². The van der Waals surface area contributed by atoms with Gasteiger partial charge in [-0.05, 0) is 18.4 Å². The van der Waals surface area contributed by atoms with E-state index in [1.165, 1.54) is 16.5 Å². The molecule has 0 saturated carbocycles. The Morgan fingerprint density at radius 3 is 2.63 bits per heavy atom. The van der Waals surface area contributed by atoms with E-state index in [-0.39, 0.29) is 0 Å². The largest absolute Gasteiger partial charge is 0.459 e. The number of hydrogen-bond donors (Lipinski definition) is 1. The number of aryl methyl sites for hydroxylation is 2. The van der Waals surface area contributed by atoms with Gasteiger partial charge in [-0.1, -0.05) is 52.3 Å². The molecule has 2 nitrogen and oxygen atoms in total. The highest BCUT2D eigenvalue weighted by molar-refractivity contribution is 5.85. The smallest absolute Gasteiger partial charge is 0.137 e. The average molecular weight is 259 g/mol. The summed E-state index contributed by atoms with van der Waals surface area (Å²) < 4.78 is 6.16. The Labute approximate surface area is 116 Å². The summed E-state index contributed by atoms with van der Waals surface area (Å²) >= 11 is 0. The third-order valence-electron chi connectivity index (χ3n) is 3.54. The lowest BCUT2D eigenvalue weighted by Crippen LogP contribution is -2.22. The van der Waals surface area contributed by atoms with Gasteiger partial charge in [-0.3, -0.25) is 0 Å². The van der Waals surface area contributed by atoms with Crippen LogP contribution in [-0.2, 0) is 19.4 Å².